The molecule has 1 aliphatic rings. The van der Waals surface area contributed by atoms with E-state index >= 15 is 0 Å². The van der Waals surface area contributed by atoms with E-state index in [4.69, 9.17) is 10.7 Å². The fourth-order valence-corrected chi connectivity index (χ4v) is 5.47. The number of allylic oxidation sites excluding steroid dienone is 1. The molecule has 210 valence electrons. The number of aromatic nitrogens is 2. The Morgan fingerprint density at radius 3 is 2.66 bits per heavy atom. The standard InChI is InChI=1S/C31H49N5O2/c1-6-14-33-20-27(32)10-11-28(31(4,5)30(37)38)25-9-8-23(3)26(19-25)21-36-18-15-34-29(36)22-35-16-12-24(7-2)13-17-35/h8-9,15,18-20,24,28,33H,6-7,10-14,16-17,21-22,32H2,1-5H3,(H,37,38)/b27-20-. The van der Waals surface area contributed by atoms with Crippen LogP contribution in [0.3, 0.4) is 0 Å². The molecule has 3 rings (SSSR count). The third-order valence-electron chi connectivity index (χ3n) is 8.39. The molecule has 2 heterocycles. The minimum Gasteiger partial charge on any atom is -0.481 e. The van der Waals surface area contributed by atoms with E-state index in [1.54, 1.807) is 0 Å². The van der Waals surface area contributed by atoms with Crippen molar-refractivity contribution in [1.29, 1.82) is 0 Å². The van der Waals surface area contributed by atoms with Crippen molar-refractivity contribution in [2.75, 3.05) is 19.6 Å². The molecule has 0 bridgehead atoms. The number of likely N-dealkylation sites (tertiary alicyclic amines) is 1. The molecular weight excluding hydrogens is 474 g/mol. The number of nitrogens with two attached hydrogens (primary N) is 1. The zero-order valence-corrected chi connectivity index (χ0v) is 24.2. The van der Waals surface area contributed by atoms with E-state index in [1.807, 2.05) is 26.2 Å². The first-order chi connectivity index (χ1) is 18.1. The summed E-state index contributed by atoms with van der Waals surface area (Å²) >= 11 is 0. The molecule has 1 aliphatic heterocycles. The first kappa shape index (κ1) is 29.8. The van der Waals surface area contributed by atoms with Crippen LogP contribution in [-0.4, -0.2) is 45.2 Å². The van der Waals surface area contributed by atoms with Crippen LogP contribution in [0, 0.1) is 18.3 Å². The molecule has 1 saturated heterocycles. The number of carboxylic acid groups (broad SMARTS) is 1. The van der Waals surface area contributed by atoms with Gasteiger partial charge < -0.3 is 20.7 Å². The molecule has 0 saturated carbocycles. The highest BCUT2D eigenvalue weighted by atomic mass is 16.4. The first-order valence-electron chi connectivity index (χ1n) is 14.4. The smallest absolute Gasteiger partial charge is 0.309 e. The monoisotopic (exact) mass is 523 g/mol. The number of rotatable bonds is 14. The van der Waals surface area contributed by atoms with Gasteiger partial charge in [0.1, 0.15) is 5.82 Å². The summed E-state index contributed by atoms with van der Waals surface area (Å²) in [4.78, 5) is 19.5. The molecule has 0 amide bonds. The van der Waals surface area contributed by atoms with Crippen LogP contribution in [0.2, 0.25) is 0 Å². The molecule has 1 atom stereocenters. The van der Waals surface area contributed by atoms with Gasteiger partial charge >= 0.3 is 5.97 Å². The van der Waals surface area contributed by atoms with Crippen LogP contribution in [0.15, 0.2) is 42.5 Å². The van der Waals surface area contributed by atoms with Gasteiger partial charge in [-0.25, -0.2) is 4.98 Å². The average Bonchev–Trinajstić information content (AvgIpc) is 3.32. The predicted molar refractivity (Wildman–Crippen MR) is 155 cm³/mol. The van der Waals surface area contributed by atoms with Crippen molar-refractivity contribution >= 4 is 5.97 Å². The number of piperidine rings is 1. The Bertz CT molecular complexity index is 1070. The normalized spacial score (nSPS) is 16.5. The molecule has 7 nitrogen and oxygen atoms in total. The lowest BCUT2D eigenvalue weighted by Gasteiger charge is -2.32. The second-order valence-electron chi connectivity index (χ2n) is 11.6. The van der Waals surface area contributed by atoms with Crippen molar-refractivity contribution in [3.8, 4) is 0 Å². The van der Waals surface area contributed by atoms with Crippen molar-refractivity contribution in [3.05, 3.63) is 65.0 Å². The van der Waals surface area contributed by atoms with Crippen LogP contribution in [0.25, 0.3) is 0 Å². The number of nitrogens with one attached hydrogen (secondary N) is 1. The van der Waals surface area contributed by atoms with Crippen LogP contribution in [0.1, 0.15) is 94.7 Å². The van der Waals surface area contributed by atoms with Gasteiger partial charge in [-0.1, -0.05) is 38.5 Å². The summed E-state index contributed by atoms with van der Waals surface area (Å²) in [5.41, 5.74) is 9.53. The Morgan fingerprint density at radius 1 is 1.26 bits per heavy atom. The van der Waals surface area contributed by atoms with E-state index in [2.05, 4.69) is 60.0 Å². The van der Waals surface area contributed by atoms with E-state index in [1.165, 1.54) is 30.4 Å². The lowest BCUT2D eigenvalue weighted by molar-refractivity contribution is -0.148. The number of hydrogen-bond donors (Lipinski definition) is 3. The van der Waals surface area contributed by atoms with Crippen LogP contribution in [-0.2, 0) is 17.9 Å². The van der Waals surface area contributed by atoms with E-state index in [9.17, 15) is 9.90 Å². The molecule has 0 radical (unpaired) electrons. The Hall–Kier alpha value is -2.80. The van der Waals surface area contributed by atoms with Crippen molar-refractivity contribution in [1.82, 2.24) is 19.8 Å². The minimum absolute atomic E-state index is 0.167. The van der Waals surface area contributed by atoms with E-state index < -0.39 is 11.4 Å². The summed E-state index contributed by atoms with van der Waals surface area (Å²) in [6.45, 7) is 14.9. The Morgan fingerprint density at radius 2 is 2.00 bits per heavy atom. The molecule has 2 aromatic rings. The third kappa shape index (κ3) is 7.85. The molecule has 1 aromatic carbocycles. The number of hydrogen-bond acceptors (Lipinski definition) is 5. The van der Waals surface area contributed by atoms with Crippen molar-refractivity contribution < 1.29 is 9.90 Å². The second kappa shape index (κ2) is 13.8. The molecule has 4 N–H and O–H groups in total. The van der Waals surface area contributed by atoms with E-state index in [-0.39, 0.29) is 5.92 Å². The number of aryl methyl sites for hydroxylation is 1. The predicted octanol–water partition coefficient (Wildman–Crippen LogP) is 5.64. The minimum atomic E-state index is -0.922. The zero-order valence-electron chi connectivity index (χ0n) is 24.2. The molecule has 7 heteroatoms. The van der Waals surface area contributed by atoms with E-state index in [0.29, 0.717) is 12.8 Å². The van der Waals surface area contributed by atoms with Gasteiger partial charge in [0.05, 0.1) is 12.0 Å². The van der Waals surface area contributed by atoms with Gasteiger partial charge in [0.15, 0.2) is 0 Å². The maximum atomic E-state index is 12.3. The molecular formula is C31H49N5O2. The summed E-state index contributed by atoms with van der Waals surface area (Å²) in [6.07, 6.45) is 12.0. The molecule has 0 spiro atoms. The fourth-order valence-electron chi connectivity index (χ4n) is 5.47. The molecule has 1 fully saturated rings. The maximum absolute atomic E-state index is 12.3. The van der Waals surface area contributed by atoms with Crippen LogP contribution < -0.4 is 11.1 Å². The number of carboxylic acids is 1. The van der Waals surface area contributed by atoms with E-state index in [0.717, 1.165) is 62.1 Å². The third-order valence-corrected chi connectivity index (χ3v) is 8.39. The first-order valence-corrected chi connectivity index (χ1v) is 14.4. The number of carbonyl (C=O) groups is 1. The summed E-state index contributed by atoms with van der Waals surface area (Å²) < 4.78 is 2.25. The SMILES string of the molecule is CCCN/C=C(\N)CCC(c1ccc(C)c(Cn2ccnc2CN2CCC(CC)CC2)c1)C(C)(C)C(=O)O. The van der Waals surface area contributed by atoms with Gasteiger partial charge in [0.25, 0.3) is 0 Å². The van der Waals surface area contributed by atoms with Gasteiger partial charge in [-0.3, -0.25) is 9.69 Å². The topological polar surface area (TPSA) is 96.4 Å². The van der Waals surface area contributed by atoms with Crippen molar-refractivity contribution in [3.63, 3.8) is 0 Å². The van der Waals surface area contributed by atoms with Crippen LogP contribution >= 0.6 is 0 Å². The number of nitrogens with zero attached hydrogens (tertiary/aromatic N) is 3. The summed E-state index contributed by atoms with van der Waals surface area (Å²) in [7, 11) is 0. The molecule has 38 heavy (non-hydrogen) atoms. The van der Waals surface area contributed by atoms with Gasteiger partial charge in [-0.15, -0.1) is 0 Å². The number of benzene rings is 1. The van der Waals surface area contributed by atoms with Gasteiger partial charge in [0.2, 0.25) is 0 Å². The van der Waals surface area contributed by atoms with Gasteiger partial charge in [-0.2, -0.15) is 0 Å². The Labute approximate surface area is 229 Å². The number of imidazole rings is 1. The molecule has 1 unspecified atom stereocenters. The Balaban J connectivity index is 1.79. The van der Waals surface area contributed by atoms with Gasteiger partial charge in [0, 0.05) is 37.4 Å². The fraction of sp³-hybridized carbons (Fsp3) is 0.613. The highest BCUT2D eigenvalue weighted by Crippen LogP contribution is 2.40. The van der Waals surface area contributed by atoms with Crippen LogP contribution in [0.4, 0.5) is 0 Å². The average molecular weight is 524 g/mol. The highest BCUT2D eigenvalue weighted by Gasteiger charge is 2.37. The highest BCUT2D eigenvalue weighted by molar-refractivity contribution is 5.75. The van der Waals surface area contributed by atoms with Crippen LogP contribution in [0.5, 0.6) is 0 Å². The number of aliphatic carboxylic acids is 1. The maximum Gasteiger partial charge on any atom is 0.309 e. The molecule has 1 aromatic heterocycles. The zero-order chi connectivity index (χ0) is 27.7. The largest absolute Gasteiger partial charge is 0.481 e. The lowest BCUT2D eigenvalue weighted by atomic mass is 9.72. The summed E-state index contributed by atoms with van der Waals surface area (Å²) in [6, 6.07) is 6.43. The van der Waals surface area contributed by atoms with Gasteiger partial charge in [-0.05, 0) is 94.5 Å². The second-order valence-corrected chi connectivity index (χ2v) is 11.6. The van der Waals surface area contributed by atoms with Crippen molar-refractivity contribution in [2.24, 2.45) is 17.1 Å². The summed E-state index contributed by atoms with van der Waals surface area (Å²) in [5, 5.41) is 13.3. The van der Waals surface area contributed by atoms with Crippen molar-refractivity contribution in [2.45, 2.75) is 92.2 Å². The quantitative estimate of drug-likeness (QED) is 0.278. The summed E-state index contributed by atoms with van der Waals surface area (Å²) in [5.74, 6) is 0.988. The molecule has 0 aliphatic carbocycles. The Kier molecular flexibility index (Phi) is 10.8. The lowest BCUT2D eigenvalue weighted by Crippen LogP contribution is -2.34.